The Balaban J connectivity index is 2.16. The number of fused-ring (bicyclic) bond motifs is 3. The maximum absolute atomic E-state index is 6.37. The van der Waals surface area contributed by atoms with Crippen LogP contribution in [-0.4, -0.2) is 19.0 Å². The summed E-state index contributed by atoms with van der Waals surface area (Å²) in [6, 6.07) is 10.4. The Bertz CT molecular complexity index is 657. The fourth-order valence-electron chi connectivity index (χ4n) is 2.87. The summed E-state index contributed by atoms with van der Waals surface area (Å²) in [5, 5.41) is 2.33. The first-order chi connectivity index (χ1) is 10.1. The largest absolute Gasteiger partial charge is 0.493 e. The van der Waals surface area contributed by atoms with Gasteiger partial charge in [-0.2, -0.15) is 0 Å². The van der Waals surface area contributed by atoms with Gasteiger partial charge in [0.05, 0.1) is 12.3 Å². The highest BCUT2D eigenvalue weighted by molar-refractivity contribution is 6.27. The molecular weight excluding hydrogens is 305 g/mol. The SMILES string of the molecule is CC(C)COc1cc2c(c3ccccc13)[C@H](CCl)CN2Cl. The summed E-state index contributed by atoms with van der Waals surface area (Å²) in [6.45, 7) is 5.74. The molecule has 0 radical (unpaired) electrons. The van der Waals surface area contributed by atoms with Gasteiger partial charge in [0.1, 0.15) is 5.75 Å². The quantitative estimate of drug-likeness (QED) is 0.568. The van der Waals surface area contributed by atoms with E-state index in [0.29, 0.717) is 18.4 Å². The molecular formula is C17H19Cl2NO. The first kappa shape index (κ1) is 14.8. The Hall–Kier alpha value is -1.12. The number of hydrogen-bond acceptors (Lipinski definition) is 2. The van der Waals surface area contributed by atoms with Gasteiger partial charge in [0.2, 0.25) is 0 Å². The number of anilines is 1. The van der Waals surface area contributed by atoms with Crippen molar-refractivity contribution in [2.24, 2.45) is 5.92 Å². The Morgan fingerprint density at radius 3 is 2.67 bits per heavy atom. The van der Waals surface area contributed by atoms with Crippen molar-refractivity contribution in [1.82, 2.24) is 0 Å². The van der Waals surface area contributed by atoms with Gasteiger partial charge in [-0.1, -0.05) is 38.1 Å². The zero-order valence-corrected chi connectivity index (χ0v) is 13.8. The van der Waals surface area contributed by atoms with E-state index in [9.17, 15) is 0 Å². The van der Waals surface area contributed by atoms with Gasteiger partial charge in [-0.15, -0.1) is 11.6 Å². The molecule has 0 bridgehead atoms. The molecule has 0 fully saturated rings. The molecule has 4 heteroatoms. The number of rotatable bonds is 4. The number of nitrogens with zero attached hydrogens (tertiary/aromatic N) is 1. The van der Waals surface area contributed by atoms with Crippen LogP contribution in [0.2, 0.25) is 0 Å². The van der Waals surface area contributed by atoms with Crippen molar-refractivity contribution >= 4 is 39.8 Å². The second-order valence-corrected chi connectivity index (χ2v) is 6.67. The summed E-state index contributed by atoms with van der Waals surface area (Å²) in [7, 11) is 0. The van der Waals surface area contributed by atoms with Gasteiger partial charge < -0.3 is 4.74 Å². The lowest BCUT2D eigenvalue weighted by molar-refractivity contribution is 0.274. The van der Waals surface area contributed by atoms with Crippen LogP contribution in [0.3, 0.4) is 0 Å². The molecule has 0 saturated heterocycles. The first-order valence-corrected chi connectivity index (χ1v) is 8.16. The minimum absolute atomic E-state index is 0.267. The van der Waals surface area contributed by atoms with Crippen LogP contribution < -0.4 is 9.16 Å². The third-order valence-corrected chi connectivity index (χ3v) is 4.53. The monoisotopic (exact) mass is 323 g/mol. The van der Waals surface area contributed by atoms with Crippen LogP contribution in [0, 0.1) is 5.92 Å². The average Bonchev–Trinajstić information content (AvgIpc) is 2.81. The minimum Gasteiger partial charge on any atom is -0.493 e. The van der Waals surface area contributed by atoms with Gasteiger partial charge in [-0.05, 0) is 16.9 Å². The molecule has 21 heavy (non-hydrogen) atoms. The zero-order chi connectivity index (χ0) is 15.0. The third kappa shape index (κ3) is 2.67. The van der Waals surface area contributed by atoms with E-state index in [0.717, 1.165) is 23.4 Å². The molecule has 1 aliphatic rings. The van der Waals surface area contributed by atoms with Crippen LogP contribution in [0.1, 0.15) is 25.3 Å². The van der Waals surface area contributed by atoms with Crippen molar-refractivity contribution in [3.05, 3.63) is 35.9 Å². The highest BCUT2D eigenvalue weighted by Gasteiger charge is 2.30. The second-order valence-electron chi connectivity index (χ2n) is 5.95. The number of halogens is 2. The van der Waals surface area contributed by atoms with Crippen LogP contribution in [0.25, 0.3) is 10.8 Å². The molecule has 2 aromatic rings. The molecule has 1 aliphatic heterocycles. The molecule has 0 saturated carbocycles. The van der Waals surface area contributed by atoms with Crippen molar-refractivity contribution in [3.8, 4) is 5.75 Å². The summed E-state index contributed by atoms with van der Waals surface area (Å²) in [5.41, 5.74) is 2.27. The molecule has 1 heterocycles. The third-order valence-electron chi connectivity index (χ3n) is 3.84. The molecule has 0 N–H and O–H groups in total. The van der Waals surface area contributed by atoms with Gasteiger partial charge in [0.15, 0.2) is 0 Å². The first-order valence-electron chi connectivity index (χ1n) is 7.29. The fourth-order valence-corrected chi connectivity index (χ4v) is 3.42. The van der Waals surface area contributed by atoms with Crippen molar-refractivity contribution < 1.29 is 4.74 Å². The highest BCUT2D eigenvalue weighted by atomic mass is 35.5. The van der Waals surface area contributed by atoms with Crippen LogP contribution in [0.5, 0.6) is 5.75 Å². The Labute approximate surface area is 135 Å². The van der Waals surface area contributed by atoms with E-state index in [2.05, 4.69) is 38.1 Å². The van der Waals surface area contributed by atoms with E-state index in [4.69, 9.17) is 28.1 Å². The van der Waals surface area contributed by atoms with Gasteiger partial charge in [0, 0.05) is 41.6 Å². The van der Waals surface area contributed by atoms with Crippen molar-refractivity contribution in [2.45, 2.75) is 19.8 Å². The molecule has 0 amide bonds. The molecule has 2 nitrogen and oxygen atoms in total. The summed E-state index contributed by atoms with van der Waals surface area (Å²) < 4.78 is 7.77. The number of ether oxygens (including phenoxy) is 1. The molecule has 0 aliphatic carbocycles. The van der Waals surface area contributed by atoms with Crippen LogP contribution in [0.4, 0.5) is 5.69 Å². The van der Waals surface area contributed by atoms with E-state index in [-0.39, 0.29) is 5.92 Å². The molecule has 1 atom stereocenters. The van der Waals surface area contributed by atoms with E-state index in [1.807, 2.05) is 6.07 Å². The number of hydrogen-bond donors (Lipinski definition) is 0. The van der Waals surface area contributed by atoms with Gasteiger partial charge in [0.25, 0.3) is 0 Å². The van der Waals surface area contributed by atoms with Crippen LogP contribution >= 0.6 is 23.4 Å². The zero-order valence-electron chi connectivity index (χ0n) is 12.3. The standard InChI is InChI=1S/C17H19Cl2NO/c1-11(2)10-21-16-7-15-17(12(8-18)9-20(15)19)14-6-4-3-5-13(14)16/h3-7,11-12H,8-10H2,1-2H3/t12-/m1/s1. The highest BCUT2D eigenvalue weighted by Crippen LogP contribution is 2.46. The maximum Gasteiger partial charge on any atom is 0.129 e. The normalized spacial score (nSPS) is 17.6. The fraction of sp³-hybridized carbons (Fsp3) is 0.412. The lowest BCUT2D eigenvalue weighted by Gasteiger charge is -2.16. The smallest absolute Gasteiger partial charge is 0.129 e. The lowest BCUT2D eigenvalue weighted by atomic mass is 9.95. The summed E-state index contributed by atoms with van der Waals surface area (Å²) in [6.07, 6.45) is 0. The van der Waals surface area contributed by atoms with E-state index < -0.39 is 0 Å². The molecule has 0 aromatic heterocycles. The predicted octanol–water partition coefficient (Wildman–Crippen LogP) is 5.17. The Kier molecular flexibility index (Phi) is 4.19. The summed E-state index contributed by atoms with van der Waals surface area (Å²) in [5.74, 6) is 2.23. The van der Waals surface area contributed by atoms with Gasteiger partial charge in [-0.3, -0.25) is 4.42 Å². The van der Waals surface area contributed by atoms with Gasteiger partial charge >= 0.3 is 0 Å². The molecule has 0 spiro atoms. The number of alkyl halides is 1. The average molecular weight is 324 g/mol. The Morgan fingerprint density at radius 1 is 1.29 bits per heavy atom. The topological polar surface area (TPSA) is 12.5 Å². The van der Waals surface area contributed by atoms with E-state index >= 15 is 0 Å². The lowest BCUT2D eigenvalue weighted by Crippen LogP contribution is -2.09. The maximum atomic E-state index is 6.37. The molecule has 2 aromatic carbocycles. The molecule has 112 valence electrons. The second kappa shape index (κ2) is 5.94. The summed E-state index contributed by atoms with van der Waals surface area (Å²) >= 11 is 12.5. The van der Waals surface area contributed by atoms with Crippen molar-refractivity contribution in [2.75, 3.05) is 23.5 Å². The minimum atomic E-state index is 0.267. The van der Waals surface area contributed by atoms with Crippen molar-refractivity contribution in [3.63, 3.8) is 0 Å². The van der Waals surface area contributed by atoms with Crippen LogP contribution in [-0.2, 0) is 0 Å². The molecule has 0 unspecified atom stereocenters. The van der Waals surface area contributed by atoms with E-state index in [1.165, 1.54) is 10.9 Å². The Morgan fingerprint density at radius 2 is 2.00 bits per heavy atom. The molecule has 3 rings (SSSR count). The van der Waals surface area contributed by atoms with Gasteiger partial charge in [-0.25, -0.2) is 0 Å². The van der Waals surface area contributed by atoms with E-state index in [1.54, 1.807) is 4.42 Å². The van der Waals surface area contributed by atoms with Crippen LogP contribution in [0.15, 0.2) is 30.3 Å². The summed E-state index contributed by atoms with van der Waals surface area (Å²) in [4.78, 5) is 0. The number of benzene rings is 2. The van der Waals surface area contributed by atoms with Crippen molar-refractivity contribution in [1.29, 1.82) is 0 Å². The predicted molar refractivity (Wildman–Crippen MR) is 90.9 cm³/mol.